The molecule has 6 atom stereocenters. The molecular formula is C20H37N7O8. The number of guanidine groups is 1. The molecule has 0 saturated carbocycles. The minimum Gasteiger partial charge on any atom is -0.481 e. The Morgan fingerprint density at radius 3 is 1.94 bits per heavy atom. The van der Waals surface area contributed by atoms with Crippen LogP contribution in [0.3, 0.4) is 0 Å². The van der Waals surface area contributed by atoms with Gasteiger partial charge in [0.15, 0.2) is 5.96 Å². The summed E-state index contributed by atoms with van der Waals surface area (Å²) < 4.78 is 0. The van der Waals surface area contributed by atoms with Gasteiger partial charge in [0, 0.05) is 6.54 Å². The molecule has 0 aromatic rings. The normalized spacial score (nSPS) is 15.9. The van der Waals surface area contributed by atoms with Crippen molar-refractivity contribution >= 4 is 35.6 Å². The topological polar surface area (TPSA) is 273 Å². The smallest absolute Gasteiger partial charge is 0.326 e. The van der Waals surface area contributed by atoms with Gasteiger partial charge in [-0.15, -0.1) is 0 Å². The fraction of sp³-hybridized carbons (Fsp3) is 0.700. The maximum atomic E-state index is 12.9. The van der Waals surface area contributed by atoms with Crippen LogP contribution in [-0.4, -0.2) is 87.8 Å². The van der Waals surface area contributed by atoms with Gasteiger partial charge in [-0.3, -0.25) is 24.2 Å². The highest BCUT2D eigenvalue weighted by atomic mass is 16.4. The number of nitrogens with zero attached hydrogens (tertiary/aromatic N) is 1. The van der Waals surface area contributed by atoms with E-state index in [-0.39, 0.29) is 25.3 Å². The van der Waals surface area contributed by atoms with E-state index in [9.17, 15) is 34.2 Å². The van der Waals surface area contributed by atoms with Crippen LogP contribution in [-0.2, 0) is 24.0 Å². The number of carboxylic acids is 2. The average Bonchev–Trinajstić information content (AvgIpc) is 2.76. The number of carbonyl (C=O) groups excluding carboxylic acids is 3. The zero-order valence-corrected chi connectivity index (χ0v) is 20.1. The first-order valence-electron chi connectivity index (χ1n) is 11.1. The molecule has 0 bridgehead atoms. The van der Waals surface area contributed by atoms with E-state index in [1.54, 1.807) is 13.8 Å². The quantitative estimate of drug-likeness (QED) is 0.0574. The summed E-state index contributed by atoms with van der Waals surface area (Å²) in [5, 5.41) is 34.9. The third kappa shape index (κ3) is 12.0. The first-order valence-corrected chi connectivity index (χ1v) is 11.1. The summed E-state index contributed by atoms with van der Waals surface area (Å²) in [6, 6.07) is -5.54. The highest BCUT2D eigenvalue weighted by Gasteiger charge is 2.33. The van der Waals surface area contributed by atoms with Gasteiger partial charge >= 0.3 is 11.9 Å². The molecule has 15 nitrogen and oxygen atoms in total. The summed E-state index contributed by atoms with van der Waals surface area (Å²) in [6.07, 6.45) is -1.41. The number of aliphatic carboxylic acids is 2. The first-order chi connectivity index (χ1) is 16.2. The molecule has 0 aromatic carbocycles. The number of amides is 3. The Hall–Kier alpha value is -3.46. The molecule has 0 aliphatic rings. The van der Waals surface area contributed by atoms with Crippen molar-refractivity contribution in [2.75, 3.05) is 6.54 Å². The van der Waals surface area contributed by atoms with E-state index in [0.717, 1.165) is 0 Å². The van der Waals surface area contributed by atoms with Crippen molar-refractivity contribution in [3.8, 4) is 0 Å². The Morgan fingerprint density at radius 1 is 0.914 bits per heavy atom. The fourth-order valence-corrected chi connectivity index (χ4v) is 2.85. The van der Waals surface area contributed by atoms with Crippen LogP contribution in [0.25, 0.3) is 0 Å². The van der Waals surface area contributed by atoms with Gasteiger partial charge in [-0.05, 0) is 25.7 Å². The van der Waals surface area contributed by atoms with E-state index in [1.165, 1.54) is 6.92 Å². The van der Waals surface area contributed by atoms with Crippen molar-refractivity contribution in [2.24, 2.45) is 28.1 Å². The lowest BCUT2D eigenvalue weighted by atomic mass is 9.97. The number of aliphatic imine (C=N–C) groups is 1. The van der Waals surface area contributed by atoms with E-state index in [2.05, 4.69) is 20.9 Å². The lowest BCUT2D eigenvalue weighted by Crippen LogP contribution is -2.59. The number of nitrogens with one attached hydrogen (secondary N) is 3. The van der Waals surface area contributed by atoms with Crippen LogP contribution in [0.15, 0.2) is 4.99 Å². The SMILES string of the molecule is CCC(C)C(NC(=O)C(CC(=O)O)NC(=O)C(N)C(C)O)C(=O)NC(CCCN=C(N)N)C(=O)O. The van der Waals surface area contributed by atoms with Gasteiger partial charge in [0.2, 0.25) is 17.7 Å². The van der Waals surface area contributed by atoms with Crippen molar-refractivity contribution in [3.05, 3.63) is 0 Å². The summed E-state index contributed by atoms with van der Waals surface area (Å²) in [7, 11) is 0. The molecule has 35 heavy (non-hydrogen) atoms. The predicted octanol–water partition coefficient (Wildman–Crippen LogP) is -3.19. The van der Waals surface area contributed by atoms with Gasteiger partial charge < -0.3 is 48.5 Å². The third-order valence-electron chi connectivity index (χ3n) is 5.19. The molecule has 0 aliphatic heterocycles. The molecule has 0 aromatic heterocycles. The maximum absolute atomic E-state index is 12.9. The summed E-state index contributed by atoms with van der Waals surface area (Å²) >= 11 is 0. The Kier molecular flexibility index (Phi) is 13.9. The van der Waals surface area contributed by atoms with Gasteiger partial charge in [0.25, 0.3) is 0 Å². The third-order valence-corrected chi connectivity index (χ3v) is 5.19. The number of carboxylic acid groups (broad SMARTS) is 2. The molecule has 0 rings (SSSR count). The molecule has 0 fully saturated rings. The number of nitrogens with two attached hydrogens (primary N) is 3. The minimum atomic E-state index is -1.60. The molecule has 6 unspecified atom stereocenters. The van der Waals surface area contributed by atoms with Crippen LogP contribution < -0.4 is 33.2 Å². The summed E-state index contributed by atoms with van der Waals surface area (Å²) in [5.74, 6) is -6.10. The molecule has 0 aliphatic carbocycles. The lowest BCUT2D eigenvalue weighted by molar-refractivity contribution is -0.143. The molecule has 12 N–H and O–H groups in total. The maximum Gasteiger partial charge on any atom is 0.326 e. The zero-order valence-electron chi connectivity index (χ0n) is 20.1. The van der Waals surface area contributed by atoms with E-state index in [0.29, 0.717) is 6.42 Å². The first kappa shape index (κ1) is 31.5. The van der Waals surface area contributed by atoms with Crippen LogP contribution in [0.1, 0.15) is 46.5 Å². The molecular weight excluding hydrogens is 466 g/mol. The molecule has 0 saturated heterocycles. The van der Waals surface area contributed by atoms with Gasteiger partial charge in [-0.25, -0.2) is 4.79 Å². The largest absolute Gasteiger partial charge is 0.481 e. The highest BCUT2D eigenvalue weighted by molar-refractivity contribution is 5.95. The van der Waals surface area contributed by atoms with Crippen LogP contribution in [0.5, 0.6) is 0 Å². The molecule has 200 valence electrons. The van der Waals surface area contributed by atoms with E-state index in [1.807, 2.05) is 0 Å². The van der Waals surface area contributed by atoms with Crippen LogP contribution in [0, 0.1) is 5.92 Å². The van der Waals surface area contributed by atoms with Crippen molar-refractivity contribution in [2.45, 2.75) is 76.7 Å². The standard InChI is InChI=1S/C20H37N7O8/c1-4-9(2)15(18(33)25-11(19(34)35)6-5-7-24-20(22)23)27-16(31)12(8-13(29)30)26-17(32)14(21)10(3)28/h9-12,14-15,28H,4-8,21H2,1-3H3,(H,25,33)(H,26,32)(H,27,31)(H,29,30)(H,34,35)(H4,22,23,24). The number of rotatable bonds is 16. The Morgan fingerprint density at radius 2 is 1.49 bits per heavy atom. The van der Waals surface area contributed by atoms with Crippen LogP contribution in [0.4, 0.5) is 0 Å². The predicted molar refractivity (Wildman–Crippen MR) is 125 cm³/mol. The van der Waals surface area contributed by atoms with Crippen molar-refractivity contribution < 1.29 is 39.3 Å². The Balaban J connectivity index is 5.54. The second-order valence-electron chi connectivity index (χ2n) is 8.15. The van der Waals surface area contributed by atoms with E-state index in [4.69, 9.17) is 22.3 Å². The number of carbonyl (C=O) groups is 5. The van der Waals surface area contributed by atoms with Gasteiger partial charge in [0.1, 0.15) is 24.2 Å². The summed E-state index contributed by atoms with van der Waals surface area (Å²) in [4.78, 5) is 64.4. The molecule has 0 radical (unpaired) electrons. The fourth-order valence-electron chi connectivity index (χ4n) is 2.85. The van der Waals surface area contributed by atoms with Gasteiger partial charge in [-0.1, -0.05) is 20.3 Å². The number of hydrogen-bond donors (Lipinski definition) is 9. The van der Waals surface area contributed by atoms with Crippen molar-refractivity contribution in [3.63, 3.8) is 0 Å². The van der Waals surface area contributed by atoms with Crippen molar-refractivity contribution in [1.82, 2.24) is 16.0 Å². The van der Waals surface area contributed by atoms with Crippen LogP contribution in [0.2, 0.25) is 0 Å². The molecule has 15 heteroatoms. The molecule has 0 heterocycles. The minimum absolute atomic E-state index is 0.00789. The van der Waals surface area contributed by atoms with Crippen LogP contribution >= 0.6 is 0 Å². The van der Waals surface area contributed by atoms with Gasteiger partial charge in [0.05, 0.1) is 12.5 Å². The number of aliphatic hydroxyl groups is 1. The lowest BCUT2D eigenvalue weighted by Gasteiger charge is -2.28. The Labute approximate surface area is 202 Å². The second-order valence-corrected chi connectivity index (χ2v) is 8.15. The Bertz CT molecular complexity index is 785. The van der Waals surface area contributed by atoms with E-state index < -0.39 is 72.3 Å². The second kappa shape index (κ2) is 15.4. The summed E-state index contributed by atoms with van der Waals surface area (Å²) in [5.41, 5.74) is 16.0. The van der Waals surface area contributed by atoms with Gasteiger partial charge in [-0.2, -0.15) is 0 Å². The monoisotopic (exact) mass is 503 g/mol. The van der Waals surface area contributed by atoms with Crippen molar-refractivity contribution in [1.29, 1.82) is 0 Å². The number of hydrogen-bond acceptors (Lipinski definition) is 8. The molecule has 0 spiro atoms. The molecule has 3 amide bonds. The highest BCUT2D eigenvalue weighted by Crippen LogP contribution is 2.10. The number of aliphatic hydroxyl groups excluding tert-OH is 1. The zero-order chi connectivity index (χ0) is 27.3. The summed E-state index contributed by atoms with van der Waals surface area (Å²) in [6.45, 7) is 4.76. The average molecular weight is 504 g/mol. The van der Waals surface area contributed by atoms with E-state index >= 15 is 0 Å².